The van der Waals surface area contributed by atoms with Gasteiger partial charge in [0.25, 0.3) is 0 Å². The summed E-state index contributed by atoms with van der Waals surface area (Å²) < 4.78 is 0. The van der Waals surface area contributed by atoms with Gasteiger partial charge in [-0.25, -0.2) is 4.79 Å². The highest BCUT2D eigenvalue weighted by molar-refractivity contribution is 5.88. The molecule has 1 unspecified atom stereocenters. The molecule has 0 bridgehead atoms. The Bertz CT molecular complexity index is 503. The molecule has 0 heterocycles. The summed E-state index contributed by atoms with van der Waals surface area (Å²) in [5, 5.41) is 19.9. The zero-order valence-electron chi connectivity index (χ0n) is 11.4. The number of amides is 1. The summed E-state index contributed by atoms with van der Waals surface area (Å²) in [6.45, 7) is 0.0289. The normalized spacial score (nSPS) is 13.2. The van der Waals surface area contributed by atoms with Crippen LogP contribution in [0.5, 0.6) is 0 Å². The predicted octanol–water partition coefficient (Wildman–Crippen LogP) is 0.163. The lowest BCUT2D eigenvalue weighted by molar-refractivity contribution is -0.143. The van der Waals surface area contributed by atoms with Gasteiger partial charge in [-0.1, -0.05) is 30.3 Å². The molecule has 2 atom stereocenters. The molecular weight excluding hydrogens is 276 g/mol. The van der Waals surface area contributed by atoms with Crippen molar-refractivity contribution in [2.45, 2.75) is 24.8 Å². The van der Waals surface area contributed by atoms with E-state index < -0.39 is 29.8 Å². The third kappa shape index (κ3) is 5.23. The van der Waals surface area contributed by atoms with Gasteiger partial charge >= 0.3 is 11.9 Å². The number of nitrogens with one attached hydrogen (secondary N) is 1. The number of carbonyl (C=O) groups excluding carboxylic acids is 1. The summed E-state index contributed by atoms with van der Waals surface area (Å²) in [7, 11) is 0. The first-order valence-corrected chi connectivity index (χ1v) is 6.45. The standard InChI is InChI=1S/C14H18N2O5/c15-8-10(9-4-2-1-3-5-9)13(19)16-11(14(20)21)6-7-12(17)18/h1-5,10-11H,6-8,15H2,(H,16,19)(H,17,18)(H,20,21)/t10?,11-/m0/s1. The van der Waals surface area contributed by atoms with Crippen LogP contribution >= 0.6 is 0 Å². The fourth-order valence-corrected chi connectivity index (χ4v) is 1.88. The minimum Gasteiger partial charge on any atom is -0.481 e. The molecule has 0 saturated heterocycles. The fraction of sp³-hybridized carbons (Fsp3) is 0.357. The van der Waals surface area contributed by atoms with Crippen molar-refractivity contribution in [1.29, 1.82) is 0 Å². The Hall–Kier alpha value is -2.41. The average Bonchev–Trinajstić information content (AvgIpc) is 2.44. The first-order valence-electron chi connectivity index (χ1n) is 6.45. The minimum absolute atomic E-state index is 0.0289. The lowest BCUT2D eigenvalue weighted by atomic mass is 9.97. The summed E-state index contributed by atoms with van der Waals surface area (Å²) in [6, 6.07) is 7.51. The van der Waals surface area contributed by atoms with E-state index in [0.717, 1.165) is 0 Å². The molecule has 0 aliphatic rings. The molecule has 0 radical (unpaired) electrons. The van der Waals surface area contributed by atoms with E-state index >= 15 is 0 Å². The van der Waals surface area contributed by atoms with Crippen molar-refractivity contribution in [1.82, 2.24) is 5.32 Å². The van der Waals surface area contributed by atoms with Gasteiger partial charge in [0.2, 0.25) is 5.91 Å². The Balaban J connectivity index is 2.75. The van der Waals surface area contributed by atoms with Crippen molar-refractivity contribution in [3.8, 4) is 0 Å². The molecule has 0 fully saturated rings. The number of carbonyl (C=O) groups is 3. The van der Waals surface area contributed by atoms with Gasteiger partial charge in [-0.3, -0.25) is 9.59 Å². The number of rotatable bonds is 8. The third-order valence-corrected chi connectivity index (χ3v) is 3.02. The second-order valence-electron chi connectivity index (χ2n) is 4.53. The Morgan fingerprint density at radius 3 is 2.24 bits per heavy atom. The van der Waals surface area contributed by atoms with E-state index in [1.165, 1.54) is 0 Å². The predicted molar refractivity (Wildman–Crippen MR) is 74.7 cm³/mol. The first kappa shape index (κ1) is 16.6. The topological polar surface area (TPSA) is 130 Å². The summed E-state index contributed by atoms with van der Waals surface area (Å²) in [4.78, 5) is 33.7. The number of hydrogen-bond donors (Lipinski definition) is 4. The zero-order valence-corrected chi connectivity index (χ0v) is 11.4. The fourth-order valence-electron chi connectivity index (χ4n) is 1.88. The number of benzene rings is 1. The molecule has 0 saturated carbocycles. The first-order chi connectivity index (χ1) is 9.95. The Labute approximate surface area is 121 Å². The SMILES string of the molecule is NCC(C(=O)N[C@@H](CCC(=O)O)C(=O)O)c1ccccc1. The number of carboxylic acid groups (broad SMARTS) is 2. The van der Waals surface area contributed by atoms with Crippen LogP contribution in [0.4, 0.5) is 0 Å². The van der Waals surface area contributed by atoms with Gasteiger partial charge in [0, 0.05) is 13.0 Å². The second kappa shape index (κ2) is 8.01. The minimum atomic E-state index is -1.27. The van der Waals surface area contributed by atoms with Crippen LogP contribution in [-0.4, -0.2) is 40.6 Å². The van der Waals surface area contributed by atoms with Crippen molar-refractivity contribution < 1.29 is 24.6 Å². The van der Waals surface area contributed by atoms with E-state index in [1.807, 2.05) is 0 Å². The van der Waals surface area contributed by atoms with Crippen molar-refractivity contribution in [3.63, 3.8) is 0 Å². The molecule has 1 aromatic carbocycles. The van der Waals surface area contributed by atoms with Gasteiger partial charge in [-0.15, -0.1) is 0 Å². The average molecular weight is 294 g/mol. The smallest absolute Gasteiger partial charge is 0.326 e. The molecule has 21 heavy (non-hydrogen) atoms. The van der Waals surface area contributed by atoms with Crippen LogP contribution in [0.25, 0.3) is 0 Å². The van der Waals surface area contributed by atoms with Gasteiger partial charge in [0.1, 0.15) is 6.04 Å². The van der Waals surface area contributed by atoms with Gasteiger partial charge < -0.3 is 21.3 Å². The van der Waals surface area contributed by atoms with E-state index in [0.29, 0.717) is 5.56 Å². The number of carboxylic acids is 2. The largest absolute Gasteiger partial charge is 0.481 e. The van der Waals surface area contributed by atoms with Crippen LogP contribution in [0.2, 0.25) is 0 Å². The molecule has 1 aromatic rings. The van der Waals surface area contributed by atoms with Crippen LogP contribution in [0.15, 0.2) is 30.3 Å². The van der Waals surface area contributed by atoms with Crippen molar-refractivity contribution >= 4 is 17.8 Å². The molecule has 7 heteroatoms. The maximum atomic E-state index is 12.1. The van der Waals surface area contributed by atoms with E-state index in [1.54, 1.807) is 30.3 Å². The van der Waals surface area contributed by atoms with E-state index in [2.05, 4.69) is 5.32 Å². The Kier molecular flexibility index (Phi) is 6.35. The summed E-state index contributed by atoms with van der Waals surface area (Å²) >= 11 is 0. The summed E-state index contributed by atoms with van der Waals surface area (Å²) in [5.41, 5.74) is 6.26. The maximum absolute atomic E-state index is 12.1. The highest BCUT2D eigenvalue weighted by atomic mass is 16.4. The van der Waals surface area contributed by atoms with Crippen LogP contribution in [0, 0.1) is 0 Å². The highest BCUT2D eigenvalue weighted by Gasteiger charge is 2.25. The number of hydrogen-bond acceptors (Lipinski definition) is 4. The third-order valence-electron chi connectivity index (χ3n) is 3.02. The molecule has 1 rings (SSSR count). The lowest BCUT2D eigenvalue weighted by Crippen LogP contribution is -2.44. The maximum Gasteiger partial charge on any atom is 0.326 e. The van der Waals surface area contributed by atoms with Crippen LogP contribution in [-0.2, 0) is 14.4 Å². The van der Waals surface area contributed by atoms with E-state index in [-0.39, 0.29) is 19.4 Å². The van der Waals surface area contributed by atoms with Gasteiger partial charge in [-0.05, 0) is 12.0 Å². The lowest BCUT2D eigenvalue weighted by Gasteiger charge is -2.19. The van der Waals surface area contributed by atoms with Crippen LogP contribution in [0.1, 0.15) is 24.3 Å². The van der Waals surface area contributed by atoms with Gasteiger partial charge in [0.15, 0.2) is 0 Å². The molecule has 0 aliphatic heterocycles. The number of nitrogens with two attached hydrogens (primary N) is 1. The highest BCUT2D eigenvalue weighted by Crippen LogP contribution is 2.15. The number of aliphatic carboxylic acids is 2. The van der Waals surface area contributed by atoms with Gasteiger partial charge in [-0.2, -0.15) is 0 Å². The molecule has 0 aromatic heterocycles. The summed E-state index contributed by atoms with van der Waals surface area (Å²) in [5.74, 6) is -3.58. The molecular formula is C14H18N2O5. The van der Waals surface area contributed by atoms with Crippen LogP contribution < -0.4 is 11.1 Å². The van der Waals surface area contributed by atoms with Crippen molar-refractivity contribution in [2.24, 2.45) is 5.73 Å². The van der Waals surface area contributed by atoms with E-state index in [9.17, 15) is 14.4 Å². The molecule has 5 N–H and O–H groups in total. The molecule has 114 valence electrons. The molecule has 1 amide bonds. The molecule has 0 aliphatic carbocycles. The molecule has 0 spiro atoms. The zero-order chi connectivity index (χ0) is 15.8. The van der Waals surface area contributed by atoms with Crippen LogP contribution in [0.3, 0.4) is 0 Å². The van der Waals surface area contributed by atoms with Crippen molar-refractivity contribution in [3.05, 3.63) is 35.9 Å². The van der Waals surface area contributed by atoms with E-state index in [4.69, 9.17) is 15.9 Å². The van der Waals surface area contributed by atoms with Gasteiger partial charge in [0.05, 0.1) is 5.92 Å². The second-order valence-corrected chi connectivity index (χ2v) is 4.53. The van der Waals surface area contributed by atoms with Crippen molar-refractivity contribution in [2.75, 3.05) is 6.54 Å². The quantitative estimate of drug-likeness (QED) is 0.540. The Morgan fingerprint density at radius 2 is 1.76 bits per heavy atom. The Morgan fingerprint density at radius 1 is 1.14 bits per heavy atom. The molecule has 7 nitrogen and oxygen atoms in total. The monoisotopic (exact) mass is 294 g/mol. The summed E-state index contributed by atoms with van der Waals surface area (Å²) in [6.07, 6.45) is -0.516.